The zero-order valence-electron chi connectivity index (χ0n) is 13.1. The third-order valence-electron chi connectivity index (χ3n) is 3.28. The fourth-order valence-electron chi connectivity index (χ4n) is 2.05. The molecule has 124 valence electrons. The van der Waals surface area contributed by atoms with Crippen molar-refractivity contribution in [3.63, 3.8) is 0 Å². The molecule has 1 aromatic carbocycles. The average molecular weight is 338 g/mol. The molecule has 0 fully saturated rings. The van der Waals surface area contributed by atoms with E-state index in [1.807, 2.05) is 14.0 Å². The van der Waals surface area contributed by atoms with Crippen LogP contribution in [-0.4, -0.2) is 33.8 Å². The molecule has 2 aromatic rings. The van der Waals surface area contributed by atoms with Gasteiger partial charge < -0.3 is 20.4 Å². The Hall–Kier alpha value is -2.12. The number of nitrogens with two attached hydrogens (primary N) is 1. The molecule has 8 heteroatoms. The number of carbonyl (C=O) groups excluding carboxylic acids is 1. The van der Waals surface area contributed by atoms with Gasteiger partial charge in [-0.2, -0.15) is 0 Å². The number of halogens is 1. The van der Waals surface area contributed by atoms with Crippen LogP contribution in [0.25, 0.3) is 0 Å². The molecule has 23 heavy (non-hydrogen) atoms. The lowest BCUT2D eigenvalue weighted by atomic mass is 10.2. The lowest BCUT2D eigenvalue weighted by molar-refractivity contribution is 0.0937. The van der Waals surface area contributed by atoms with Gasteiger partial charge in [0.1, 0.15) is 12.1 Å². The van der Waals surface area contributed by atoms with E-state index < -0.39 is 0 Å². The highest BCUT2D eigenvalue weighted by Crippen LogP contribution is 2.25. The number of amides is 1. The first-order valence-corrected chi connectivity index (χ1v) is 7.68. The zero-order valence-corrected chi connectivity index (χ0v) is 13.9. The molecule has 0 spiro atoms. The Morgan fingerprint density at radius 1 is 1.52 bits per heavy atom. The van der Waals surface area contributed by atoms with E-state index in [1.54, 1.807) is 29.1 Å². The van der Waals surface area contributed by atoms with Crippen molar-refractivity contribution in [1.82, 2.24) is 20.1 Å². The Bertz CT molecular complexity index is 674. The third-order valence-corrected chi connectivity index (χ3v) is 3.58. The van der Waals surface area contributed by atoms with Gasteiger partial charge >= 0.3 is 0 Å². The van der Waals surface area contributed by atoms with Gasteiger partial charge in [-0.3, -0.25) is 4.79 Å². The summed E-state index contributed by atoms with van der Waals surface area (Å²) in [6.45, 7) is 2.89. The largest absolute Gasteiger partial charge is 0.492 e. The summed E-state index contributed by atoms with van der Waals surface area (Å²) in [6.07, 6.45) is 2.33. The minimum Gasteiger partial charge on any atom is -0.492 e. The Labute approximate surface area is 139 Å². The van der Waals surface area contributed by atoms with E-state index in [1.165, 1.54) is 0 Å². The molecule has 0 aliphatic rings. The van der Waals surface area contributed by atoms with Gasteiger partial charge in [0.25, 0.3) is 5.91 Å². The first-order valence-electron chi connectivity index (χ1n) is 7.30. The minimum atomic E-state index is -0.269. The Morgan fingerprint density at radius 2 is 2.30 bits per heavy atom. The van der Waals surface area contributed by atoms with Crippen molar-refractivity contribution in [2.45, 2.75) is 19.4 Å². The van der Waals surface area contributed by atoms with Gasteiger partial charge in [-0.05, 0) is 38.1 Å². The summed E-state index contributed by atoms with van der Waals surface area (Å²) in [5.74, 6) is 0.972. The molecule has 7 nitrogen and oxygen atoms in total. The first-order chi connectivity index (χ1) is 11.0. The van der Waals surface area contributed by atoms with Crippen LogP contribution in [0.2, 0.25) is 5.02 Å². The highest BCUT2D eigenvalue weighted by molar-refractivity contribution is 6.32. The predicted octanol–water partition coefficient (Wildman–Crippen LogP) is 1.69. The van der Waals surface area contributed by atoms with E-state index in [0.717, 1.165) is 6.42 Å². The van der Waals surface area contributed by atoms with Crippen molar-refractivity contribution in [3.05, 3.63) is 40.9 Å². The summed E-state index contributed by atoms with van der Waals surface area (Å²) >= 11 is 6.15. The highest BCUT2D eigenvalue weighted by atomic mass is 35.5. The number of carbonyl (C=O) groups is 1. The maximum Gasteiger partial charge on any atom is 0.251 e. The van der Waals surface area contributed by atoms with Crippen LogP contribution in [0.4, 0.5) is 0 Å². The number of nitrogens with one attached hydrogen (secondary N) is 1. The van der Waals surface area contributed by atoms with Gasteiger partial charge in [0.2, 0.25) is 0 Å². The number of aromatic nitrogens is 3. The van der Waals surface area contributed by atoms with E-state index >= 15 is 0 Å². The maximum atomic E-state index is 12.3. The van der Waals surface area contributed by atoms with Crippen molar-refractivity contribution in [1.29, 1.82) is 0 Å². The van der Waals surface area contributed by atoms with Crippen molar-refractivity contribution >= 4 is 17.5 Å². The van der Waals surface area contributed by atoms with Gasteiger partial charge in [-0.25, -0.2) is 0 Å². The van der Waals surface area contributed by atoms with E-state index in [0.29, 0.717) is 35.3 Å². The minimum absolute atomic E-state index is 0.240. The molecule has 0 aliphatic heterocycles. The molecular formula is C15H20ClN5O2. The quantitative estimate of drug-likeness (QED) is 0.750. The van der Waals surface area contributed by atoms with Crippen LogP contribution in [0.3, 0.4) is 0 Å². The molecule has 0 saturated heterocycles. The van der Waals surface area contributed by atoms with Crippen LogP contribution < -0.4 is 15.8 Å². The average Bonchev–Trinajstić information content (AvgIpc) is 2.95. The highest BCUT2D eigenvalue weighted by Gasteiger charge is 2.16. The number of hydrogen-bond donors (Lipinski definition) is 2. The molecule has 0 saturated carbocycles. The molecule has 0 bridgehead atoms. The normalized spacial score (nSPS) is 12.0. The molecule has 1 aromatic heterocycles. The second-order valence-electron chi connectivity index (χ2n) is 5.13. The Kier molecular flexibility index (Phi) is 5.95. The molecule has 0 aliphatic carbocycles. The number of rotatable bonds is 7. The summed E-state index contributed by atoms with van der Waals surface area (Å²) in [5, 5.41) is 11.0. The molecule has 3 N–H and O–H groups in total. The maximum absolute atomic E-state index is 12.3. The SMILES string of the molecule is C[C@@H](NC(=O)c1ccc(OCCCN)c(Cl)c1)c1nncn1C. The number of nitrogens with zero attached hydrogens (tertiary/aromatic N) is 3. The van der Waals surface area contributed by atoms with E-state index in [9.17, 15) is 4.79 Å². The van der Waals surface area contributed by atoms with Crippen molar-refractivity contribution in [3.8, 4) is 5.75 Å². The Morgan fingerprint density at radius 3 is 2.91 bits per heavy atom. The number of aryl methyl sites for hydroxylation is 1. The fourth-order valence-corrected chi connectivity index (χ4v) is 2.29. The van der Waals surface area contributed by atoms with Gasteiger partial charge in [0.05, 0.1) is 17.7 Å². The summed E-state index contributed by atoms with van der Waals surface area (Å²) in [4.78, 5) is 12.3. The third kappa shape index (κ3) is 4.43. The van der Waals surface area contributed by atoms with E-state index in [2.05, 4.69) is 15.5 Å². The van der Waals surface area contributed by atoms with E-state index in [4.69, 9.17) is 22.1 Å². The molecule has 1 amide bonds. The van der Waals surface area contributed by atoms with Crippen molar-refractivity contribution in [2.24, 2.45) is 12.8 Å². The van der Waals surface area contributed by atoms with Crippen LogP contribution in [0.5, 0.6) is 5.75 Å². The van der Waals surface area contributed by atoms with Crippen LogP contribution >= 0.6 is 11.6 Å². The lowest BCUT2D eigenvalue weighted by Gasteiger charge is -2.14. The molecule has 1 atom stereocenters. The summed E-state index contributed by atoms with van der Waals surface area (Å²) < 4.78 is 7.26. The molecule has 1 heterocycles. The number of hydrogen-bond acceptors (Lipinski definition) is 5. The molecule has 0 unspecified atom stereocenters. The van der Waals surface area contributed by atoms with Crippen molar-refractivity contribution < 1.29 is 9.53 Å². The fraction of sp³-hybridized carbons (Fsp3) is 0.400. The zero-order chi connectivity index (χ0) is 16.8. The predicted molar refractivity (Wildman–Crippen MR) is 87.5 cm³/mol. The molecular weight excluding hydrogens is 318 g/mol. The second-order valence-corrected chi connectivity index (χ2v) is 5.54. The summed E-state index contributed by atoms with van der Waals surface area (Å²) in [6, 6.07) is 4.66. The molecule has 2 rings (SSSR count). The van der Waals surface area contributed by atoms with Crippen LogP contribution in [0.1, 0.15) is 35.6 Å². The van der Waals surface area contributed by atoms with Gasteiger partial charge in [0, 0.05) is 12.6 Å². The van der Waals surface area contributed by atoms with Crippen LogP contribution in [0, 0.1) is 0 Å². The topological polar surface area (TPSA) is 95.1 Å². The van der Waals surface area contributed by atoms with E-state index in [-0.39, 0.29) is 11.9 Å². The first kappa shape index (κ1) is 17.2. The Balaban J connectivity index is 2.02. The summed E-state index contributed by atoms with van der Waals surface area (Å²) in [7, 11) is 1.82. The second kappa shape index (κ2) is 7.94. The monoisotopic (exact) mass is 337 g/mol. The van der Waals surface area contributed by atoms with Crippen LogP contribution in [-0.2, 0) is 7.05 Å². The molecule has 0 radical (unpaired) electrons. The van der Waals surface area contributed by atoms with Gasteiger partial charge in [-0.15, -0.1) is 10.2 Å². The van der Waals surface area contributed by atoms with Gasteiger partial charge in [-0.1, -0.05) is 11.6 Å². The number of benzene rings is 1. The number of ether oxygens (including phenoxy) is 1. The van der Waals surface area contributed by atoms with Crippen LogP contribution in [0.15, 0.2) is 24.5 Å². The van der Waals surface area contributed by atoms with Gasteiger partial charge in [0.15, 0.2) is 5.82 Å². The van der Waals surface area contributed by atoms with Crippen molar-refractivity contribution in [2.75, 3.05) is 13.2 Å². The standard InChI is InChI=1S/C15H20ClN5O2/c1-10(14-20-18-9-21(14)2)19-15(22)11-4-5-13(12(16)8-11)23-7-3-6-17/h4-5,8-10H,3,6-7,17H2,1-2H3,(H,19,22)/t10-/m1/s1. The smallest absolute Gasteiger partial charge is 0.251 e. The summed E-state index contributed by atoms with van der Waals surface area (Å²) in [5.41, 5.74) is 5.87. The lowest BCUT2D eigenvalue weighted by Crippen LogP contribution is -2.28.